The molecule has 7 heteroatoms. The lowest BCUT2D eigenvalue weighted by Gasteiger charge is -2.32. The van der Waals surface area contributed by atoms with Crippen molar-refractivity contribution in [2.45, 2.75) is 52.1 Å². The summed E-state index contributed by atoms with van der Waals surface area (Å²) < 4.78 is 15.7. The summed E-state index contributed by atoms with van der Waals surface area (Å²) in [6, 6.07) is 0. The average molecular weight is 324 g/mol. The summed E-state index contributed by atoms with van der Waals surface area (Å²) in [4.78, 5) is 29.6. The van der Waals surface area contributed by atoms with Gasteiger partial charge in [-0.05, 0) is 40.5 Å². The molecule has 7 nitrogen and oxygen atoms in total. The number of carbonyl (C=O) groups excluding carboxylic acids is 2. The molecular weight excluding hydrogens is 300 g/mol. The first-order valence-corrected chi connectivity index (χ1v) is 7.75. The number of ether oxygens (including phenoxy) is 2. The Balaban J connectivity index is 1.97. The van der Waals surface area contributed by atoms with E-state index in [1.165, 1.54) is 7.11 Å². The van der Waals surface area contributed by atoms with Gasteiger partial charge >= 0.3 is 12.1 Å². The van der Waals surface area contributed by atoms with Gasteiger partial charge in [0.1, 0.15) is 11.4 Å². The minimum Gasteiger partial charge on any atom is -0.464 e. The number of esters is 1. The number of rotatable bonds is 2. The van der Waals surface area contributed by atoms with E-state index >= 15 is 0 Å². The number of nitrogens with zero attached hydrogens (tertiary/aromatic N) is 2. The number of amides is 1. The molecule has 0 spiro atoms. The number of oxazole rings is 1. The normalized spacial score (nSPS) is 16.3. The molecule has 1 aromatic heterocycles. The first-order chi connectivity index (χ1) is 10.7. The highest BCUT2D eigenvalue weighted by atomic mass is 16.6. The van der Waals surface area contributed by atoms with Gasteiger partial charge in [-0.15, -0.1) is 0 Å². The molecule has 1 aliphatic heterocycles. The van der Waals surface area contributed by atoms with Crippen LogP contribution >= 0.6 is 0 Å². The molecule has 0 aliphatic carbocycles. The van der Waals surface area contributed by atoms with E-state index in [2.05, 4.69) is 9.72 Å². The zero-order valence-corrected chi connectivity index (χ0v) is 14.3. The molecule has 1 amide bonds. The van der Waals surface area contributed by atoms with Crippen molar-refractivity contribution in [1.82, 2.24) is 9.88 Å². The van der Waals surface area contributed by atoms with Gasteiger partial charge in [-0.3, -0.25) is 0 Å². The number of carbonyl (C=O) groups is 2. The van der Waals surface area contributed by atoms with E-state index in [0.717, 1.165) is 12.8 Å². The lowest BCUT2D eigenvalue weighted by atomic mass is 9.97. The predicted octanol–water partition coefficient (Wildman–Crippen LogP) is 2.88. The lowest BCUT2D eigenvalue weighted by Crippen LogP contribution is -2.41. The molecule has 0 atom stereocenters. The van der Waals surface area contributed by atoms with Crippen molar-refractivity contribution < 1.29 is 23.5 Å². The molecule has 1 aromatic rings. The summed E-state index contributed by atoms with van der Waals surface area (Å²) in [6.45, 7) is 8.40. The van der Waals surface area contributed by atoms with E-state index in [1.807, 2.05) is 20.8 Å². The van der Waals surface area contributed by atoms with Crippen LogP contribution in [0.5, 0.6) is 0 Å². The number of hydrogen-bond donors (Lipinski definition) is 0. The third-order valence-corrected chi connectivity index (χ3v) is 3.69. The van der Waals surface area contributed by atoms with Crippen molar-refractivity contribution >= 4 is 12.1 Å². The van der Waals surface area contributed by atoms with E-state index in [1.54, 1.807) is 11.8 Å². The van der Waals surface area contributed by atoms with Crippen LogP contribution in [0.4, 0.5) is 4.79 Å². The number of likely N-dealkylation sites (tertiary alicyclic amines) is 1. The topological polar surface area (TPSA) is 81.9 Å². The third kappa shape index (κ3) is 4.24. The molecule has 0 bridgehead atoms. The van der Waals surface area contributed by atoms with Crippen LogP contribution in [0, 0.1) is 6.92 Å². The summed E-state index contributed by atoms with van der Waals surface area (Å²) in [5, 5.41) is 0. The van der Waals surface area contributed by atoms with E-state index in [4.69, 9.17) is 9.15 Å². The molecule has 0 saturated carbocycles. The second kappa shape index (κ2) is 6.60. The Morgan fingerprint density at radius 2 is 1.87 bits per heavy atom. The van der Waals surface area contributed by atoms with Gasteiger partial charge in [0, 0.05) is 19.0 Å². The molecule has 0 aromatic carbocycles. The first-order valence-electron chi connectivity index (χ1n) is 7.75. The van der Waals surface area contributed by atoms with Crippen LogP contribution in [0.25, 0.3) is 0 Å². The largest absolute Gasteiger partial charge is 0.464 e. The van der Waals surface area contributed by atoms with Crippen LogP contribution in [0.1, 0.15) is 61.7 Å². The minimum atomic E-state index is -0.497. The maximum absolute atomic E-state index is 12.0. The monoisotopic (exact) mass is 324 g/mol. The number of hydrogen-bond acceptors (Lipinski definition) is 6. The van der Waals surface area contributed by atoms with Crippen molar-refractivity contribution in [3.63, 3.8) is 0 Å². The smallest absolute Gasteiger partial charge is 0.410 e. The summed E-state index contributed by atoms with van der Waals surface area (Å²) >= 11 is 0. The Hall–Kier alpha value is -2.05. The summed E-state index contributed by atoms with van der Waals surface area (Å²) in [5.74, 6) is 0.586. The number of methoxy groups -OCH3 is 1. The second-order valence-corrected chi connectivity index (χ2v) is 6.69. The molecule has 2 heterocycles. The van der Waals surface area contributed by atoms with Crippen molar-refractivity contribution in [3.05, 3.63) is 17.3 Å². The average Bonchev–Trinajstić information content (AvgIpc) is 2.87. The lowest BCUT2D eigenvalue weighted by molar-refractivity contribution is 0.0199. The molecule has 0 N–H and O–H groups in total. The molecule has 1 fully saturated rings. The molecule has 0 unspecified atom stereocenters. The van der Waals surface area contributed by atoms with E-state index in [-0.39, 0.29) is 17.7 Å². The second-order valence-electron chi connectivity index (χ2n) is 6.69. The third-order valence-electron chi connectivity index (χ3n) is 3.69. The van der Waals surface area contributed by atoms with Crippen molar-refractivity contribution in [2.75, 3.05) is 20.2 Å². The molecule has 23 heavy (non-hydrogen) atoms. The zero-order valence-electron chi connectivity index (χ0n) is 14.3. The Morgan fingerprint density at radius 3 is 2.39 bits per heavy atom. The fraction of sp³-hybridized carbons (Fsp3) is 0.688. The van der Waals surface area contributed by atoms with Gasteiger partial charge in [-0.2, -0.15) is 0 Å². The highest BCUT2D eigenvalue weighted by Crippen LogP contribution is 2.29. The van der Waals surface area contributed by atoms with Crippen molar-refractivity contribution in [3.8, 4) is 0 Å². The number of aryl methyl sites for hydroxylation is 1. The maximum Gasteiger partial charge on any atom is 0.410 e. The van der Waals surface area contributed by atoms with E-state index in [9.17, 15) is 9.59 Å². The van der Waals surface area contributed by atoms with Gasteiger partial charge in [-0.1, -0.05) is 0 Å². The summed E-state index contributed by atoms with van der Waals surface area (Å²) in [5.41, 5.74) is -0.277. The van der Waals surface area contributed by atoms with Crippen LogP contribution in [-0.2, 0) is 9.47 Å². The first kappa shape index (κ1) is 17.3. The predicted molar refractivity (Wildman–Crippen MR) is 82.4 cm³/mol. The van der Waals surface area contributed by atoms with Crippen LogP contribution < -0.4 is 0 Å². The van der Waals surface area contributed by atoms with Gasteiger partial charge in [0.25, 0.3) is 0 Å². The van der Waals surface area contributed by atoms with Crippen LogP contribution in [-0.4, -0.2) is 47.7 Å². The molecule has 128 valence electrons. The standard InChI is InChI=1S/C16H24N2O5/c1-10-12(14(19)21-5)17-13(22-10)11-6-8-18(9-7-11)15(20)23-16(2,3)4/h11H,6-9H2,1-5H3. The van der Waals surface area contributed by atoms with E-state index < -0.39 is 11.6 Å². The summed E-state index contributed by atoms with van der Waals surface area (Å²) in [6.07, 6.45) is 1.15. The van der Waals surface area contributed by atoms with Gasteiger partial charge in [0.15, 0.2) is 11.6 Å². The molecule has 1 aliphatic rings. The fourth-order valence-electron chi connectivity index (χ4n) is 2.51. The number of aromatic nitrogens is 1. The Bertz CT molecular complexity index is 580. The summed E-state index contributed by atoms with van der Waals surface area (Å²) in [7, 11) is 1.31. The van der Waals surface area contributed by atoms with Crippen LogP contribution in [0.15, 0.2) is 4.42 Å². The fourth-order valence-corrected chi connectivity index (χ4v) is 2.51. The number of piperidine rings is 1. The molecule has 1 saturated heterocycles. The zero-order chi connectivity index (χ0) is 17.2. The van der Waals surface area contributed by atoms with Crippen LogP contribution in [0.3, 0.4) is 0 Å². The van der Waals surface area contributed by atoms with Gasteiger partial charge < -0.3 is 18.8 Å². The quantitative estimate of drug-likeness (QED) is 0.778. The van der Waals surface area contributed by atoms with Gasteiger partial charge in [-0.25, -0.2) is 14.6 Å². The highest BCUT2D eigenvalue weighted by molar-refractivity contribution is 5.88. The minimum absolute atomic E-state index is 0.0887. The molecule has 0 radical (unpaired) electrons. The van der Waals surface area contributed by atoms with E-state index in [0.29, 0.717) is 24.7 Å². The molecular formula is C16H24N2O5. The molecule has 2 rings (SSSR count). The van der Waals surface area contributed by atoms with Crippen molar-refractivity contribution in [2.24, 2.45) is 0 Å². The van der Waals surface area contributed by atoms with Crippen molar-refractivity contribution in [1.29, 1.82) is 0 Å². The van der Waals surface area contributed by atoms with Gasteiger partial charge in [0.05, 0.1) is 7.11 Å². The van der Waals surface area contributed by atoms with Crippen LogP contribution in [0.2, 0.25) is 0 Å². The Kier molecular flexibility index (Phi) is 4.97. The maximum atomic E-state index is 12.0. The highest BCUT2D eigenvalue weighted by Gasteiger charge is 2.30. The SMILES string of the molecule is COC(=O)c1nc(C2CCN(C(=O)OC(C)(C)C)CC2)oc1C. The van der Waals surface area contributed by atoms with Gasteiger partial charge in [0.2, 0.25) is 0 Å². The Labute approximate surface area is 135 Å². The Morgan fingerprint density at radius 1 is 1.26 bits per heavy atom.